The quantitative estimate of drug-likeness (QED) is 0.567. The van der Waals surface area contributed by atoms with Crippen molar-refractivity contribution in [1.82, 2.24) is 5.32 Å². The van der Waals surface area contributed by atoms with E-state index in [4.69, 9.17) is 5.11 Å². The number of nitro benzene ring substituents is 1. The zero-order valence-electron chi connectivity index (χ0n) is 10.2. The number of nitrogens with zero attached hydrogens (tertiary/aromatic N) is 1. The molecule has 0 heterocycles. The minimum Gasteiger partial charge on any atom is -0.481 e. The van der Waals surface area contributed by atoms with Gasteiger partial charge in [-0.15, -0.1) is 0 Å². The van der Waals surface area contributed by atoms with E-state index in [9.17, 15) is 19.7 Å². The maximum atomic E-state index is 11.2. The van der Waals surface area contributed by atoms with Crippen molar-refractivity contribution in [3.8, 4) is 0 Å². The molecule has 0 saturated heterocycles. The van der Waals surface area contributed by atoms with Gasteiger partial charge in [0.2, 0.25) is 5.91 Å². The van der Waals surface area contributed by atoms with Crippen LogP contribution in [0.5, 0.6) is 0 Å². The second-order valence-corrected chi connectivity index (χ2v) is 3.92. The van der Waals surface area contributed by atoms with Gasteiger partial charge in [-0.2, -0.15) is 0 Å². The number of nitrogens with one attached hydrogen (secondary N) is 1. The fourth-order valence-electron chi connectivity index (χ4n) is 1.44. The number of nitro groups is 1. The number of carbonyl (C=O) groups is 2. The molecule has 0 saturated carbocycles. The van der Waals surface area contributed by atoms with Crippen LogP contribution in [-0.2, 0) is 16.0 Å². The Hall–Kier alpha value is -2.44. The molecule has 0 bridgehead atoms. The molecule has 0 aliphatic rings. The summed E-state index contributed by atoms with van der Waals surface area (Å²) >= 11 is 0. The van der Waals surface area contributed by atoms with Crippen LogP contribution in [0.25, 0.3) is 0 Å². The number of carbonyl (C=O) groups excluding carboxylic acids is 1. The normalized spacial score (nSPS) is 9.89. The highest BCUT2D eigenvalue weighted by Gasteiger charge is 2.06. The van der Waals surface area contributed by atoms with Gasteiger partial charge in [0.25, 0.3) is 5.69 Å². The molecule has 0 fully saturated rings. The molecule has 7 heteroatoms. The van der Waals surface area contributed by atoms with Gasteiger partial charge in [-0.1, -0.05) is 12.1 Å². The first-order valence-electron chi connectivity index (χ1n) is 5.71. The molecule has 102 valence electrons. The maximum absolute atomic E-state index is 11.2. The molecule has 1 rings (SSSR count). The molecule has 7 nitrogen and oxygen atoms in total. The van der Waals surface area contributed by atoms with Gasteiger partial charge in [0.05, 0.1) is 11.3 Å². The van der Waals surface area contributed by atoms with E-state index in [1.807, 2.05) is 0 Å². The highest BCUT2D eigenvalue weighted by Crippen LogP contribution is 2.11. The number of benzene rings is 1. The van der Waals surface area contributed by atoms with Crippen LogP contribution in [0.15, 0.2) is 24.3 Å². The van der Waals surface area contributed by atoms with Crippen LogP contribution < -0.4 is 5.32 Å². The summed E-state index contributed by atoms with van der Waals surface area (Å²) in [5.74, 6) is -1.32. The summed E-state index contributed by atoms with van der Waals surface area (Å²) in [7, 11) is 0. The minimum absolute atomic E-state index is 0.0224. The summed E-state index contributed by atoms with van der Waals surface area (Å²) in [4.78, 5) is 31.4. The Morgan fingerprint density at radius 2 is 1.84 bits per heavy atom. The number of aliphatic carboxylic acids is 1. The molecule has 2 N–H and O–H groups in total. The zero-order valence-corrected chi connectivity index (χ0v) is 10.2. The molecule has 1 amide bonds. The maximum Gasteiger partial charge on any atom is 0.303 e. The van der Waals surface area contributed by atoms with Crippen LogP contribution >= 0.6 is 0 Å². The van der Waals surface area contributed by atoms with Gasteiger partial charge in [0.15, 0.2) is 0 Å². The second kappa shape index (κ2) is 7.10. The smallest absolute Gasteiger partial charge is 0.303 e. The van der Waals surface area contributed by atoms with Crippen molar-refractivity contribution in [2.75, 3.05) is 6.54 Å². The minimum atomic E-state index is -1.01. The molecule has 19 heavy (non-hydrogen) atoms. The summed E-state index contributed by atoms with van der Waals surface area (Å²) in [6, 6.07) is 6.06. The van der Waals surface area contributed by atoms with E-state index in [-0.39, 0.29) is 24.4 Å². The molecule has 0 aliphatic heterocycles. The van der Waals surface area contributed by atoms with Crippen molar-refractivity contribution in [2.45, 2.75) is 19.3 Å². The van der Waals surface area contributed by atoms with Crippen LogP contribution in [0, 0.1) is 10.1 Å². The number of hydrogen-bond donors (Lipinski definition) is 2. The van der Waals surface area contributed by atoms with Gasteiger partial charge in [0, 0.05) is 25.1 Å². The zero-order chi connectivity index (χ0) is 14.3. The average molecular weight is 266 g/mol. The molecular weight excluding hydrogens is 252 g/mol. The molecule has 0 radical (unpaired) electrons. The third kappa shape index (κ3) is 5.62. The molecule has 1 aromatic carbocycles. The van der Waals surface area contributed by atoms with Crippen molar-refractivity contribution in [3.63, 3.8) is 0 Å². The monoisotopic (exact) mass is 266 g/mol. The lowest BCUT2D eigenvalue weighted by Crippen LogP contribution is -2.25. The van der Waals surface area contributed by atoms with E-state index in [2.05, 4.69) is 5.32 Å². The predicted molar refractivity (Wildman–Crippen MR) is 66.7 cm³/mol. The van der Waals surface area contributed by atoms with Crippen LogP contribution in [0.3, 0.4) is 0 Å². The van der Waals surface area contributed by atoms with E-state index in [1.54, 1.807) is 12.1 Å². The molecule has 0 unspecified atom stereocenters. The van der Waals surface area contributed by atoms with Gasteiger partial charge >= 0.3 is 5.97 Å². The summed E-state index contributed by atoms with van der Waals surface area (Å²) in [6.45, 7) is 0.371. The van der Waals surface area contributed by atoms with Crippen LogP contribution in [0.1, 0.15) is 18.4 Å². The second-order valence-electron chi connectivity index (χ2n) is 3.92. The number of rotatable bonds is 7. The highest BCUT2D eigenvalue weighted by atomic mass is 16.6. The van der Waals surface area contributed by atoms with E-state index >= 15 is 0 Å². The Morgan fingerprint density at radius 3 is 2.37 bits per heavy atom. The van der Waals surface area contributed by atoms with Gasteiger partial charge in [-0.25, -0.2) is 0 Å². The Morgan fingerprint density at radius 1 is 1.21 bits per heavy atom. The first-order chi connectivity index (χ1) is 8.99. The molecular formula is C12H14N2O5. The standard InChI is InChI=1S/C12H14N2O5/c15-11(5-6-12(16)17)13-8-7-9-1-3-10(4-2-9)14(18)19/h1-4H,5-8H2,(H,13,15)(H,16,17). The van der Waals surface area contributed by atoms with Crippen LogP contribution in [0.4, 0.5) is 5.69 Å². The Kier molecular flexibility index (Phi) is 5.46. The van der Waals surface area contributed by atoms with E-state index in [1.165, 1.54) is 12.1 Å². The lowest BCUT2D eigenvalue weighted by Gasteiger charge is -2.04. The summed E-state index contributed by atoms with van der Waals surface area (Å²) in [5, 5.41) is 21.4. The lowest BCUT2D eigenvalue weighted by atomic mass is 10.1. The first-order valence-corrected chi connectivity index (χ1v) is 5.71. The largest absolute Gasteiger partial charge is 0.481 e. The van der Waals surface area contributed by atoms with E-state index in [0.29, 0.717) is 13.0 Å². The Labute approximate surface area is 109 Å². The van der Waals surface area contributed by atoms with Crippen molar-refractivity contribution in [2.24, 2.45) is 0 Å². The Balaban J connectivity index is 2.31. The van der Waals surface area contributed by atoms with Crippen molar-refractivity contribution in [3.05, 3.63) is 39.9 Å². The van der Waals surface area contributed by atoms with E-state index in [0.717, 1.165) is 5.56 Å². The van der Waals surface area contributed by atoms with E-state index < -0.39 is 10.9 Å². The number of hydrogen-bond acceptors (Lipinski definition) is 4. The first kappa shape index (κ1) is 14.6. The molecule has 1 aromatic rings. The van der Waals surface area contributed by atoms with Gasteiger partial charge in [-0.05, 0) is 12.0 Å². The van der Waals surface area contributed by atoms with Gasteiger partial charge < -0.3 is 10.4 Å². The van der Waals surface area contributed by atoms with Gasteiger partial charge in [0.1, 0.15) is 0 Å². The van der Waals surface area contributed by atoms with Crippen LogP contribution in [-0.4, -0.2) is 28.5 Å². The molecule has 0 atom stereocenters. The number of carboxylic acids is 1. The average Bonchev–Trinajstić information content (AvgIpc) is 2.37. The number of non-ortho nitro benzene ring substituents is 1. The fraction of sp³-hybridized carbons (Fsp3) is 0.333. The predicted octanol–water partition coefficient (Wildman–Crippen LogP) is 1.12. The van der Waals surface area contributed by atoms with Crippen molar-refractivity contribution >= 4 is 17.6 Å². The highest BCUT2D eigenvalue weighted by molar-refractivity contribution is 5.80. The lowest BCUT2D eigenvalue weighted by molar-refractivity contribution is -0.384. The summed E-state index contributed by atoms with van der Waals surface area (Å²) < 4.78 is 0. The third-order valence-corrected chi connectivity index (χ3v) is 2.45. The van der Waals surface area contributed by atoms with Crippen LogP contribution in [0.2, 0.25) is 0 Å². The van der Waals surface area contributed by atoms with Crippen molar-refractivity contribution < 1.29 is 19.6 Å². The molecule has 0 aliphatic carbocycles. The number of carboxylic acid groups (broad SMARTS) is 1. The third-order valence-electron chi connectivity index (χ3n) is 2.45. The SMILES string of the molecule is O=C(O)CCC(=O)NCCc1ccc([N+](=O)[O-])cc1. The summed E-state index contributed by atoms with van der Waals surface area (Å²) in [5.41, 5.74) is 0.887. The fourth-order valence-corrected chi connectivity index (χ4v) is 1.44. The summed E-state index contributed by atoms with van der Waals surface area (Å²) in [6.07, 6.45) is 0.301. The van der Waals surface area contributed by atoms with Gasteiger partial charge in [-0.3, -0.25) is 19.7 Å². The van der Waals surface area contributed by atoms with Crippen molar-refractivity contribution in [1.29, 1.82) is 0 Å². The number of amides is 1. The molecule has 0 spiro atoms. The molecule has 0 aromatic heterocycles. The topological polar surface area (TPSA) is 110 Å². The Bertz CT molecular complexity index is 470.